The van der Waals surface area contributed by atoms with Gasteiger partial charge in [0.2, 0.25) is 5.13 Å². The van der Waals surface area contributed by atoms with Crippen LogP contribution in [0, 0.1) is 9.87 Å². The van der Waals surface area contributed by atoms with Crippen LogP contribution in [0.4, 0.5) is 5.13 Å². The molecular weight excluding hydrogens is 226 g/mol. The molecule has 1 heterocycles. The van der Waals surface area contributed by atoms with E-state index in [2.05, 4.69) is 22.4 Å². The van der Waals surface area contributed by atoms with Crippen molar-refractivity contribution in [1.29, 1.82) is 0 Å². The van der Waals surface area contributed by atoms with Crippen molar-refractivity contribution in [3.05, 3.63) is 3.95 Å². The zero-order valence-electron chi connectivity index (χ0n) is 8.95. The molecule has 1 aromatic heterocycles. The number of hydrogen-bond acceptors (Lipinski definition) is 4. The zero-order chi connectivity index (χ0) is 10.7. The highest BCUT2D eigenvalue weighted by molar-refractivity contribution is 7.73. The Balaban J connectivity index is 2.00. The van der Waals surface area contributed by atoms with Gasteiger partial charge in [0, 0.05) is 6.04 Å². The molecule has 2 unspecified atom stereocenters. The van der Waals surface area contributed by atoms with E-state index in [4.69, 9.17) is 12.2 Å². The van der Waals surface area contributed by atoms with Gasteiger partial charge in [0.15, 0.2) is 3.95 Å². The van der Waals surface area contributed by atoms with E-state index in [-0.39, 0.29) is 0 Å². The van der Waals surface area contributed by atoms with Crippen LogP contribution >= 0.6 is 23.6 Å². The highest BCUT2D eigenvalue weighted by Gasteiger charge is 2.23. The molecule has 1 aromatic rings. The SMILES string of the molecule is CCC1CCCCC1Nc1n[nH]c(=S)s1. The van der Waals surface area contributed by atoms with Gasteiger partial charge in [-0.15, -0.1) is 5.10 Å². The average molecular weight is 243 g/mol. The van der Waals surface area contributed by atoms with Crippen LogP contribution in [0.25, 0.3) is 0 Å². The van der Waals surface area contributed by atoms with Crippen molar-refractivity contribution >= 4 is 28.7 Å². The third kappa shape index (κ3) is 2.78. The molecule has 0 aromatic carbocycles. The minimum atomic E-state index is 0.595. The van der Waals surface area contributed by atoms with E-state index in [1.165, 1.54) is 43.4 Å². The maximum absolute atomic E-state index is 5.02. The summed E-state index contributed by atoms with van der Waals surface area (Å²) in [5.74, 6) is 0.802. The second kappa shape index (κ2) is 5.07. The Labute approximate surface area is 99.3 Å². The average Bonchev–Trinajstić information content (AvgIpc) is 2.65. The van der Waals surface area contributed by atoms with Crippen LogP contribution in [-0.4, -0.2) is 16.2 Å². The fourth-order valence-corrected chi connectivity index (χ4v) is 3.19. The molecule has 0 saturated heterocycles. The van der Waals surface area contributed by atoms with Gasteiger partial charge in [-0.2, -0.15) is 0 Å². The van der Waals surface area contributed by atoms with E-state index < -0.39 is 0 Å². The number of aromatic nitrogens is 2. The first-order valence-corrected chi connectivity index (χ1v) is 6.84. The molecule has 0 aliphatic heterocycles. The maximum atomic E-state index is 5.02. The van der Waals surface area contributed by atoms with Crippen LogP contribution in [0.3, 0.4) is 0 Å². The fourth-order valence-electron chi connectivity index (χ4n) is 2.34. The lowest BCUT2D eigenvalue weighted by molar-refractivity contribution is 0.317. The molecule has 0 amide bonds. The summed E-state index contributed by atoms with van der Waals surface area (Å²) in [7, 11) is 0. The van der Waals surface area contributed by atoms with Gasteiger partial charge in [-0.3, -0.25) is 5.10 Å². The third-order valence-electron chi connectivity index (χ3n) is 3.18. The van der Waals surface area contributed by atoms with Gasteiger partial charge < -0.3 is 5.32 Å². The first-order valence-electron chi connectivity index (χ1n) is 5.61. The number of nitrogens with zero attached hydrogens (tertiary/aromatic N) is 1. The summed E-state index contributed by atoms with van der Waals surface area (Å²) in [5, 5.41) is 11.4. The molecule has 84 valence electrons. The molecular formula is C10H17N3S2. The monoisotopic (exact) mass is 243 g/mol. The van der Waals surface area contributed by atoms with E-state index in [0.717, 1.165) is 15.0 Å². The lowest BCUT2D eigenvalue weighted by Crippen LogP contribution is -2.31. The smallest absolute Gasteiger partial charge is 0.204 e. The second-order valence-electron chi connectivity index (χ2n) is 4.12. The number of H-pyrrole nitrogens is 1. The summed E-state index contributed by atoms with van der Waals surface area (Å²) in [5.41, 5.74) is 0. The van der Waals surface area contributed by atoms with Gasteiger partial charge in [-0.05, 0) is 31.0 Å². The van der Waals surface area contributed by atoms with Gasteiger partial charge in [-0.25, -0.2) is 0 Å². The molecule has 1 aliphatic carbocycles. The molecule has 1 aliphatic rings. The summed E-state index contributed by atoms with van der Waals surface area (Å²) in [4.78, 5) is 0. The van der Waals surface area contributed by atoms with Crippen LogP contribution in [0.1, 0.15) is 39.0 Å². The standard InChI is InChI=1S/C10H17N3S2/c1-2-7-5-3-4-6-8(7)11-9-12-13-10(14)15-9/h7-8H,2-6H2,1H3,(H,11,12)(H,13,14). The van der Waals surface area contributed by atoms with Crippen LogP contribution < -0.4 is 5.32 Å². The van der Waals surface area contributed by atoms with E-state index in [1.54, 1.807) is 0 Å². The predicted octanol–water partition coefficient (Wildman–Crippen LogP) is 3.58. The van der Waals surface area contributed by atoms with Crippen molar-refractivity contribution in [2.75, 3.05) is 5.32 Å². The van der Waals surface area contributed by atoms with Crippen molar-refractivity contribution in [3.8, 4) is 0 Å². The molecule has 2 atom stereocenters. The maximum Gasteiger partial charge on any atom is 0.204 e. The van der Waals surface area contributed by atoms with Crippen LogP contribution in [-0.2, 0) is 0 Å². The molecule has 15 heavy (non-hydrogen) atoms. The summed E-state index contributed by atoms with van der Waals surface area (Å²) >= 11 is 6.55. The number of anilines is 1. The van der Waals surface area contributed by atoms with Crippen LogP contribution in [0.2, 0.25) is 0 Å². The Bertz CT molecular complexity index is 358. The minimum absolute atomic E-state index is 0.595. The van der Waals surface area contributed by atoms with Crippen molar-refractivity contribution in [2.24, 2.45) is 5.92 Å². The number of hydrogen-bond donors (Lipinski definition) is 2. The quantitative estimate of drug-likeness (QED) is 0.797. The van der Waals surface area contributed by atoms with Gasteiger partial charge in [0.1, 0.15) is 0 Å². The molecule has 0 spiro atoms. The van der Waals surface area contributed by atoms with Gasteiger partial charge >= 0.3 is 0 Å². The topological polar surface area (TPSA) is 40.7 Å². The minimum Gasteiger partial charge on any atom is -0.357 e. The van der Waals surface area contributed by atoms with Gasteiger partial charge in [0.25, 0.3) is 0 Å². The van der Waals surface area contributed by atoms with Crippen LogP contribution in [0.5, 0.6) is 0 Å². The second-order valence-corrected chi connectivity index (χ2v) is 5.79. The Kier molecular flexibility index (Phi) is 3.75. The van der Waals surface area contributed by atoms with Crippen molar-refractivity contribution in [3.63, 3.8) is 0 Å². The molecule has 3 nitrogen and oxygen atoms in total. The lowest BCUT2D eigenvalue weighted by Gasteiger charge is -2.31. The van der Waals surface area contributed by atoms with Crippen molar-refractivity contribution in [1.82, 2.24) is 10.2 Å². The molecule has 2 N–H and O–H groups in total. The van der Waals surface area contributed by atoms with Gasteiger partial charge in [0.05, 0.1) is 0 Å². The molecule has 0 radical (unpaired) electrons. The largest absolute Gasteiger partial charge is 0.357 e. The van der Waals surface area contributed by atoms with Crippen molar-refractivity contribution < 1.29 is 0 Å². The van der Waals surface area contributed by atoms with Crippen LogP contribution in [0.15, 0.2) is 0 Å². The van der Waals surface area contributed by atoms with E-state index >= 15 is 0 Å². The first-order chi connectivity index (χ1) is 7.29. The Morgan fingerprint density at radius 3 is 3.00 bits per heavy atom. The van der Waals surface area contributed by atoms with E-state index in [9.17, 15) is 0 Å². The Morgan fingerprint density at radius 1 is 1.53 bits per heavy atom. The molecule has 2 rings (SSSR count). The number of rotatable bonds is 3. The normalized spacial score (nSPS) is 26.5. The molecule has 1 fully saturated rings. The molecule has 5 heteroatoms. The zero-order valence-corrected chi connectivity index (χ0v) is 10.6. The first kappa shape index (κ1) is 11.1. The van der Waals surface area contributed by atoms with Crippen molar-refractivity contribution in [2.45, 2.75) is 45.1 Å². The Morgan fingerprint density at radius 2 is 2.33 bits per heavy atom. The number of nitrogens with one attached hydrogen (secondary N) is 2. The predicted molar refractivity (Wildman–Crippen MR) is 67.0 cm³/mol. The lowest BCUT2D eigenvalue weighted by atomic mass is 9.83. The fraction of sp³-hybridized carbons (Fsp3) is 0.800. The summed E-state index contributed by atoms with van der Waals surface area (Å²) in [6.07, 6.45) is 6.60. The summed E-state index contributed by atoms with van der Waals surface area (Å²) in [6.45, 7) is 2.27. The van der Waals surface area contributed by atoms with E-state index in [0.29, 0.717) is 6.04 Å². The molecule has 0 bridgehead atoms. The third-order valence-corrected chi connectivity index (χ3v) is 4.20. The highest BCUT2D eigenvalue weighted by atomic mass is 32.1. The molecule has 1 saturated carbocycles. The van der Waals surface area contributed by atoms with Gasteiger partial charge in [-0.1, -0.05) is 37.5 Å². The number of aromatic amines is 1. The summed E-state index contributed by atoms with van der Waals surface area (Å²) < 4.78 is 0.751. The van der Waals surface area contributed by atoms with E-state index in [1.807, 2.05) is 0 Å². The summed E-state index contributed by atoms with van der Waals surface area (Å²) in [6, 6.07) is 0.595. The Hall–Kier alpha value is -0.420. The highest BCUT2D eigenvalue weighted by Crippen LogP contribution is 2.29.